The van der Waals surface area contributed by atoms with Gasteiger partial charge in [0.25, 0.3) is 5.79 Å². The molecule has 1 aromatic rings. The summed E-state index contributed by atoms with van der Waals surface area (Å²) >= 11 is 6.90. The molecule has 29 heavy (non-hydrogen) atoms. The standard InChI is InChI=1S/C19H24ClO8P/c1-24-15-5-12(6-16(7-15)26-29(21,22)23)19(25-2)18(27-28-19)13-3-11-4-14(18)10-17(20,8-11)9-13/h5-7,11,13-14H,3-4,8-10H2,1-2H3,(H2,21,22,23). The first-order chi connectivity index (χ1) is 13.6. The molecular weight excluding hydrogens is 423 g/mol. The van der Waals surface area contributed by atoms with E-state index in [0.29, 0.717) is 17.2 Å². The summed E-state index contributed by atoms with van der Waals surface area (Å²) in [5.74, 6) is 0.00520. The van der Waals surface area contributed by atoms with Crippen LogP contribution in [0.5, 0.6) is 11.5 Å². The highest BCUT2D eigenvalue weighted by atomic mass is 35.5. The molecule has 160 valence electrons. The van der Waals surface area contributed by atoms with E-state index in [1.807, 2.05) is 0 Å². The Kier molecular flexibility index (Phi) is 4.38. The van der Waals surface area contributed by atoms with Crippen molar-refractivity contribution in [2.24, 2.45) is 17.8 Å². The van der Waals surface area contributed by atoms with Crippen molar-refractivity contribution in [2.75, 3.05) is 14.2 Å². The summed E-state index contributed by atoms with van der Waals surface area (Å²) < 4.78 is 27.5. The summed E-state index contributed by atoms with van der Waals surface area (Å²) in [6, 6.07) is 4.64. The van der Waals surface area contributed by atoms with Crippen LogP contribution in [-0.2, 0) is 24.9 Å². The molecule has 0 radical (unpaired) electrons. The highest BCUT2D eigenvalue weighted by Gasteiger charge is 2.78. The summed E-state index contributed by atoms with van der Waals surface area (Å²) in [7, 11) is -1.73. The largest absolute Gasteiger partial charge is 0.524 e. The topological polar surface area (TPSA) is 104 Å². The molecule has 4 saturated carbocycles. The molecule has 1 spiro atoms. The van der Waals surface area contributed by atoms with Gasteiger partial charge in [0.05, 0.1) is 7.11 Å². The Balaban J connectivity index is 1.60. The van der Waals surface area contributed by atoms with Gasteiger partial charge < -0.3 is 14.0 Å². The van der Waals surface area contributed by atoms with Crippen molar-refractivity contribution in [1.29, 1.82) is 0 Å². The summed E-state index contributed by atoms with van der Waals surface area (Å²) in [6.45, 7) is 0. The Morgan fingerprint density at radius 2 is 1.72 bits per heavy atom. The molecule has 1 heterocycles. The van der Waals surface area contributed by atoms with Gasteiger partial charge in [0, 0.05) is 23.6 Å². The number of alkyl halides is 1. The molecule has 6 rings (SSSR count). The third kappa shape index (κ3) is 2.81. The molecule has 0 aromatic heterocycles. The third-order valence-corrected chi connectivity index (χ3v) is 8.06. The van der Waals surface area contributed by atoms with Crippen LogP contribution in [0, 0.1) is 17.8 Å². The van der Waals surface area contributed by atoms with Gasteiger partial charge in [0.2, 0.25) is 0 Å². The van der Waals surface area contributed by atoms with Crippen molar-refractivity contribution in [1.82, 2.24) is 0 Å². The van der Waals surface area contributed by atoms with E-state index in [2.05, 4.69) is 0 Å². The number of phosphoric acid groups is 1. The fourth-order valence-electron chi connectivity index (χ4n) is 6.41. The molecule has 2 N–H and O–H groups in total. The predicted molar refractivity (Wildman–Crippen MR) is 101 cm³/mol. The highest BCUT2D eigenvalue weighted by molar-refractivity contribution is 7.46. The second kappa shape index (κ2) is 6.33. The molecular formula is C19H24ClO8P. The lowest BCUT2D eigenvalue weighted by atomic mass is 9.46. The molecule has 1 saturated heterocycles. The Bertz CT molecular complexity index is 867. The van der Waals surface area contributed by atoms with Crippen LogP contribution in [0.2, 0.25) is 0 Å². The van der Waals surface area contributed by atoms with Crippen LogP contribution < -0.4 is 9.26 Å². The van der Waals surface area contributed by atoms with Crippen LogP contribution in [0.3, 0.4) is 0 Å². The van der Waals surface area contributed by atoms with E-state index in [4.69, 9.17) is 35.4 Å². The minimum atomic E-state index is -4.75. The van der Waals surface area contributed by atoms with Gasteiger partial charge in [-0.3, -0.25) is 9.79 Å². The van der Waals surface area contributed by atoms with Gasteiger partial charge in [0.15, 0.2) is 5.60 Å². The summed E-state index contributed by atoms with van der Waals surface area (Å²) in [6.07, 6.45) is 4.68. The zero-order valence-electron chi connectivity index (χ0n) is 16.2. The molecule has 10 heteroatoms. The predicted octanol–water partition coefficient (Wildman–Crippen LogP) is 3.48. The highest BCUT2D eigenvalue weighted by Crippen LogP contribution is 2.71. The third-order valence-electron chi connectivity index (χ3n) is 7.15. The summed E-state index contributed by atoms with van der Waals surface area (Å²) in [5.41, 5.74) is -0.173. The normalized spacial score (nSPS) is 42.7. The quantitative estimate of drug-likeness (QED) is 0.402. The molecule has 3 atom stereocenters. The fourth-order valence-corrected chi connectivity index (χ4v) is 7.38. The van der Waals surface area contributed by atoms with E-state index in [0.717, 1.165) is 32.1 Å². The minimum Gasteiger partial charge on any atom is -0.497 e. The van der Waals surface area contributed by atoms with Gasteiger partial charge in [0.1, 0.15) is 11.5 Å². The average Bonchev–Trinajstić information content (AvgIpc) is 2.58. The first-order valence-electron chi connectivity index (χ1n) is 9.69. The number of hydrogen-bond acceptors (Lipinski definition) is 6. The van der Waals surface area contributed by atoms with Crippen LogP contribution >= 0.6 is 19.4 Å². The van der Waals surface area contributed by atoms with Crippen LogP contribution in [0.25, 0.3) is 0 Å². The molecule has 3 unspecified atom stereocenters. The lowest BCUT2D eigenvalue weighted by Gasteiger charge is -2.70. The van der Waals surface area contributed by atoms with Gasteiger partial charge in [-0.25, -0.2) is 9.45 Å². The number of hydrogen-bond donors (Lipinski definition) is 2. The van der Waals surface area contributed by atoms with E-state index in [1.165, 1.54) is 19.2 Å². The molecule has 0 amide bonds. The van der Waals surface area contributed by atoms with Crippen molar-refractivity contribution in [3.05, 3.63) is 23.8 Å². The number of benzene rings is 1. The number of phosphoric ester groups is 1. The van der Waals surface area contributed by atoms with Gasteiger partial charge in [-0.15, -0.1) is 11.6 Å². The molecule has 4 bridgehead atoms. The van der Waals surface area contributed by atoms with Crippen LogP contribution in [0.4, 0.5) is 0 Å². The number of halogens is 1. The monoisotopic (exact) mass is 446 g/mol. The zero-order chi connectivity index (χ0) is 20.7. The maximum absolute atomic E-state index is 11.4. The molecule has 1 aromatic carbocycles. The fraction of sp³-hybridized carbons (Fsp3) is 0.684. The van der Waals surface area contributed by atoms with Crippen molar-refractivity contribution in [2.45, 2.75) is 48.4 Å². The Labute approximate surface area is 173 Å². The average molecular weight is 447 g/mol. The molecule has 4 aliphatic carbocycles. The van der Waals surface area contributed by atoms with Gasteiger partial charge in [-0.2, -0.15) is 4.89 Å². The smallest absolute Gasteiger partial charge is 0.497 e. The van der Waals surface area contributed by atoms with E-state index in [9.17, 15) is 14.4 Å². The van der Waals surface area contributed by atoms with Gasteiger partial charge >= 0.3 is 7.82 Å². The van der Waals surface area contributed by atoms with Crippen molar-refractivity contribution < 1.29 is 38.1 Å². The lowest BCUT2D eigenvalue weighted by molar-refractivity contribution is -0.645. The van der Waals surface area contributed by atoms with Crippen LogP contribution in [-0.4, -0.2) is 34.5 Å². The van der Waals surface area contributed by atoms with E-state index >= 15 is 0 Å². The second-order valence-electron chi connectivity index (χ2n) is 8.75. The molecule has 1 aliphatic heterocycles. The SMILES string of the molecule is COc1cc(OP(=O)(O)O)cc(C2(OC)OOC23C2CC4CC3CC(Cl)(C4)C2)c1. The van der Waals surface area contributed by atoms with E-state index in [1.54, 1.807) is 13.2 Å². The van der Waals surface area contributed by atoms with Crippen LogP contribution in [0.15, 0.2) is 18.2 Å². The van der Waals surface area contributed by atoms with Crippen molar-refractivity contribution >= 4 is 19.4 Å². The number of methoxy groups -OCH3 is 2. The van der Waals surface area contributed by atoms with Crippen LogP contribution in [0.1, 0.15) is 37.7 Å². The number of rotatable bonds is 5. The van der Waals surface area contributed by atoms with Crippen molar-refractivity contribution in [3.63, 3.8) is 0 Å². The molecule has 5 fully saturated rings. The number of ether oxygens (including phenoxy) is 2. The van der Waals surface area contributed by atoms with Crippen molar-refractivity contribution in [3.8, 4) is 11.5 Å². The van der Waals surface area contributed by atoms with E-state index in [-0.39, 0.29) is 22.5 Å². The minimum absolute atomic E-state index is 0.0348. The van der Waals surface area contributed by atoms with Gasteiger partial charge in [-0.1, -0.05) is 0 Å². The summed E-state index contributed by atoms with van der Waals surface area (Å²) in [4.78, 5) is 29.9. The second-order valence-corrected chi connectivity index (χ2v) is 10.7. The lowest BCUT2D eigenvalue weighted by Crippen LogP contribution is -2.78. The maximum Gasteiger partial charge on any atom is 0.524 e. The summed E-state index contributed by atoms with van der Waals surface area (Å²) in [5, 5.41) is 0. The van der Waals surface area contributed by atoms with E-state index < -0.39 is 19.2 Å². The molecule has 8 nitrogen and oxygen atoms in total. The zero-order valence-corrected chi connectivity index (χ0v) is 17.8. The first-order valence-corrected chi connectivity index (χ1v) is 11.6. The Morgan fingerprint density at radius 3 is 2.21 bits per heavy atom. The Hall–Kier alpha value is -0.860. The maximum atomic E-state index is 11.4. The first kappa shape index (κ1) is 20.1. The van der Waals surface area contributed by atoms with Gasteiger partial charge in [-0.05, 0) is 62.0 Å². The molecule has 5 aliphatic rings. The Morgan fingerprint density at radius 1 is 1.07 bits per heavy atom.